The smallest absolute Gasteiger partial charge is 0.315 e. The number of hydrogen-bond acceptors (Lipinski definition) is 2. The highest BCUT2D eigenvalue weighted by Gasteiger charge is 2.47. The minimum atomic E-state index is -0.734. The van der Waals surface area contributed by atoms with Gasteiger partial charge in [0, 0.05) is 6.20 Å². The summed E-state index contributed by atoms with van der Waals surface area (Å²) in [5.41, 5.74) is 0.0881. The van der Waals surface area contributed by atoms with Gasteiger partial charge in [0.1, 0.15) is 11.2 Å². The molecule has 0 saturated heterocycles. The second kappa shape index (κ2) is 2.58. The van der Waals surface area contributed by atoms with Crippen LogP contribution in [0.2, 0.25) is 0 Å². The highest BCUT2D eigenvalue weighted by molar-refractivity contribution is 5.81. The predicted molar refractivity (Wildman–Crippen MR) is 46.5 cm³/mol. The van der Waals surface area contributed by atoms with Crippen LogP contribution in [0.3, 0.4) is 0 Å². The fourth-order valence-corrected chi connectivity index (χ4v) is 1.79. The number of imidazole rings is 1. The van der Waals surface area contributed by atoms with E-state index in [-0.39, 0.29) is 0 Å². The molecule has 1 aliphatic rings. The van der Waals surface area contributed by atoms with E-state index in [0.717, 1.165) is 30.8 Å². The maximum absolute atomic E-state index is 11.1. The standard InChI is InChI=1S/C9H12N2O2/c1-6-10-5-7(11-6)9(8(12)13)3-2-4-9/h5H,2-4H2,1H3,(H,10,11)(H,12,13). The summed E-state index contributed by atoms with van der Waals surface area (Å²) in [4.78, 5) is 18.1. The van der Waals surface area contributed by atoms with Gasteiger partial charge in [0.15, 0.2) is 0 Å². The summed E-state index contributed by atoms with van der Waals surface area (Å²) in [5, 5.41) is 9.10. The lowest BCUT2D eigenvalue weighted by Crippen LogP contribution is -2.42. The van der Waals surface area contributed by atoms with Crippen molar-refractivity contribution in [2.75, 3.05) is 0 Å². The third-order valence-electron chi connectivity index (χ3n) is 2.83. The minimum Gasteiger partial charge on any atom is -0.481 e. The van der Waals surface area contributed by atoms with Gasteiger partial charge in [-0.2, -0.15) is 0 Å². The van der Waals surface area contributed by atoms with Crippen molar-refractivity contribution >= 4 is 5.97 Å². The van der Waals surface area contributed by atoms with Gasteiger partial charge in [-0.05, 0) is 19.8 Å². The minimum absolute atomic E-state index is 0.665. The molecule has 0 bridgehead atoms. The Morgan fingerprint density at radius 1 is 1.69 bits per heavy atom. The molecule has 4 nitrogen and oxygen atoms in total. The highest BCUT2D eigenvalue weighted by Crippen LogP contribution is 2.42. The molecule has 0 spiro atoms. The predicted octanol–water partition coefficient (Wildman–Crippen LogP) is 1.22. The van der Waals surface area contributed by atoms with Crippen LogP contribution in [0.4, 0.5) is 0 Å². The molecule has 0 aromatic carbocycles. The number of carboxylic acids is 1. The van der Waals surface area contributed by atoms with Gasteiger partial charge in [0.25, 0.3) is 0 Å². The van der Waals surface area contributed by atoms with Crippen LogP contribution >= 0.6 is 0 Å². The van der Waals surface area contributed by atoms with Crippen LogP contribution in [0.25, 0.3) is 0 Å². The fourth-order valence-electron chi connectivity index (χ4n) is 1.79. The molecule has 4 heteroatoms. The lowest BCUT2D eigenvalue weighted by Gasteiger charge is -2.36. The first kappa shape index (κ1) is 8.29. The van der Waals surface area contributed by atoms with E-state index in [0.29, 0.717) is 0 Å². The summed E-state index contributed by atoms with van der Waals surface area (Å²) >= 11 is 0. The van der Waals surface area contributed by atoms with Crippen LogP contribution in [0.1, 0.15) is 30.8 Å². The van der Waals surface area contributed by atoms with Crippen molar-refractivity contribution in [1.29, 1.82) is 0 Å². The molecular weight excluding hydrogens is 168 g/mol. The first-order valence-electron chi connectivity index (χ1n) is 4.41. The lowest BCUT2D eigenvalue weighted by molar-refractivity contribution is -0.147. The molecule has 2 rings (SSSR count). The molecule has 1 saturated carbocycles. The SMILES string of the molecule is Cc1ncc(C2(C(=O)O)CCC2)[nH]1. The molecule has 13 heavy (non-hydrogen) atoms. The van der Waals surface area contributed by atoms with Crippen molar-refractivity contribution in [1.82, 2.24) is 9.97 Å². The largest absolute Gasteiger partial charge is 0.481 e. The van der Waals surface area contributed by atoms with Crippen LogP contribution in [-0.2, 0) is 10.2 Å². The molecule has 2 N–H and O–H groups in total. The van der Waals surface area contributed by atoms with Gasteiger partial charge in [-0.3, -0.25) is 4.79 Å². The summed E-state index contributed by atoms with van der Waals surface area (Å²) in [6, 6.07) is 0. The van der Waals surface area contributed by atoms with Crippen molar-refractivity contribution in [3.63, 3.8) is 0 Å². The molecule has 1 heterocycles. The first-order valence-corrected chi connectivity index (χ1v) is 4.41. The molecule has 0 amide bonds. The van der Waals surface area contributed by atoms with Crippen molar-refractivity contribution in [2.45, 2.75) is 31.6 Å². The number of hydrogen-bond donors (Lipinski definition) is 2. The van der Waals surface area contributed by atoms with Crippen LogP contribution in [0, 0.1) is 6.92 Å². The molecule has 70 valence electrons. The van der Waals surface area contributed by atoms with Crippen molar-refractivity contribution < 1.29 is 9.90 Å². The van der Waals surface area contributed by atoms with E-state index >= 15 is 0 Å². The van der Waals surface area contributed by atoms with Crippen LogP contribution < -0.4 is 0 Å². The zero-order valence-corrected chi connectivity index (χ0v) is 7.50. The Balaban J connectivity index is 2.37. The molecule has 1 fully saturated rings. The van der Waals surface area contributed by atoms with Gasteiger partial charge in [-0.25, -0.2) is 4.98 Å². The van der Waals surface area contributed by atoms with Gasteiger partial charge in [0.2, 0.25) is 0 Å². The summed E-state index contributed by atoms with van der Waals surface area (Å²) in [6.45, 7) is 1.83. The zero-order valence-electron chi connectivity index (χ0n) is 7.50. The number of rotatable bonds is 2. The topological polar surface area (TPSA) is 66.0 Å². The van der Waals surface area contributed by atoms with E-state index in [9.17, 15) is 4.79 Å². The van der Waals surface area contributed by atoms with E-state index in [1.165, 1.54) is 0 Å². The van der Waals surface area contributed by atoms with Crippen molar-refractivity contribution in [3.05, 3.63) is 17.7 Å². The Morgan fingerprint density at radius 3 is 2.69 bits per heavy atom. The van der Waals surface area contributed by atoms with E-state index in [4.69, 9.17) is 5.11 Å². The molecule has 0 aliphatic heterocycles. The molecule has 0 radical (unpaired) electrons. The zero-order chi connectivity index (χ0) is 9.47. The van der Waals surface area contributed by atoms with E-state index < -0.39 is 11.4 Å². The van der Waals surface area contributed by atoms with E-state index in [1.807, 2.05) is 6.92 Å². The van der Waals surface area contributed by atoms with Gasteiger partial charge in [-0.15, -0.1) is 0 Å². The number of aromatic amines is 1. The average Bonchev–Trinajstić information content (AvgIpc) is 2.32. The maximum Gasteiger partial charge on any atom is 0.315 e. The lowest BCUT2D eigenvalue weighted by atomic mass is 9.67. The van der Waals surface area contributed by atoms with E-state index in [1.54, 1.807) is 6.20 Å². The molecular formula is C9H12N2O2. The number of aryl methyl sites for hydroxylation is 1. The molecule has 0 unspecified atom stereocenters. The normalized spacial score (nSPS) is 19.5. The second-order valence-corrected chi connectivity index (χ2v) is 3.62. The number of H-pyrrole nitrogens is 1. The van der Waals surface area contributed by atoms with Crippen molar-refractivity contribution in [3.8, 4) is 0 Å². The highest BCUT2D eigenvalue weighted by atomic mass is 16.4. The maximum atomic E-state index is 11.1. The quantitative estimate of drug-likeness (QED) is 0.719. The summed E-state index contributed by atoms with van der Waals surface area (Å²) in [6.07, 6.45) is 4.08. The molecule has 1 aromatic heterocycles. The average molecular weight is 180 g/mol. The number of nitrogens with zero attached hydrogens (tertiary/aromatic N) is 1. The number of nitrogens with one attached hydrogen (secondary N) is 1. The first-order chi connectivity index (χ1) is 6.15. The summed E-state index contributed by atoms with van der Waals surface area (Å²) in [5.74, 6) is 0.0462. The Morgan fingerprint density at radius 2 is 2.38 bits per heavy atom. The van der Waals surface area contributed by atoms with Gasteiger partial charge in [-0.1, -0.05) is 6.42 Å². The van der Waals surface area contributed by atoms with Gasteiger partial charge in [0.05, 0.1) is 5.69 Å². The molecule has 1 aliphatic carbocycles. The summed E-state index contributed by atoms with van der Waals surface area (Å²) in [7, 11) is 0. The second-order valence-electron chi connectivity index (χ2n) is 3.62. The number of carbonyl (C=O) groups is 1. The number of aromatic nitrogens is 2. The molecule has 1 aromatic rings. The Labute approximate surface area is 76.0 Å². The van der Waals surface area contributed by atoms with Crippen LogP contribution in [0.15, 0.2) is 6.20 Å². The van der Waals surface area contributed by atoms with Gasteiger partial charge < -0.3 is 10.1 Å². The fraction of sp³-hybridized carbons (Fsp3) is 0.556. The van der Waals surface area contributed by atoms with Crippen LogP contribution in [0.5, 0.6) is 0 Å². The van der Waals surface area contributed by atoms with Gasteiger partial charge >= 0.3 is 5.97 Å². The third kappa shape index (κ3) is 1.05. The monoisotopic (exact) mass is 180 g/mol. The molecule has 0 atom stereocenters. The third-order valence-corrected chi connectivity index (χ3v) is 2.83. The number of aliphatic carboxylic acids is 1. The number of carboxylic acid groups (broad SMARTS) is 1. The van der Waals surface area contributed by atoms with Crippen LogP contribution in [-0.4, -0.2) is 21.0 Å². The Bertz CT molecular complexity index is 339. The Hall–Kier alpha value is -1.32. The van der Waals surface area contributed by atoms with Crippen molar-refractivity contribution in [2.24, 2.45) is 0 Å². The van der Waals surface area contributed by atoms with E-state index in [2.05, 4.69) is 9.97 Å². The Kier molecular flexibility index (Phi) is 1.65. The summed E-state index contributed by atoms with van der Waals surface area (Å²) < 4.78 is 0.